The second-order valence-corrected chi connectivity index (χ2v) is 7.17. The summed E-state index contributed by atoms with van der Waals surface area (Å²) in [6.45, 7) is 0. The summed E-state index contributed by atoms with van der Waals surface area (Å²) in [5, 5.41) is 18.0. The number of rotatable bonds is 5. The second kappa shape index (κ2) is 7.02. The first-order valence-corrected chi connectivity index (χ1v) is 8.60. The summed E-state index contributed by atoms with van der Waals surface area (Å²) in [7, 11) is 0. The molecule has 0 amide bonds. The molecule has 4 heteroatoms. The van der Waals surface area contributed by atoms with E-state index in [1.165, 1.54) is 12.8 Å². The maximum atomic E-state index is 9.02. The zero-order valence-corrected chi connectivity index (χ0v) is 13.3. The first-order valence-electron chi connectivity index (χ1n) is 7.63. The van der Waals surface area contributed by atoms with Crippen LogP contribution in [0, 0.1) is 45.8 Å². The van der Waals surface area contributed by atoms with E-state index in [2.05, 4.69) is 12.1 Å². The largest absolute Gasteiger partial charge is 0.198 e. The van der Waals surface area contributed by atoms with Crippen LogP contribution in [0.2, 0.25) is 0 Å². The van der Waals surface area contributed by atoms with E-state index in [0.29, 0.717) is 36.5 Å². The van der Waals surface area contributed by atoms with Crippen LogP contribution in [0.15, 0.2) is 0 Å². The van der Waals surface area contributed by atoms with Crippen molar-refractivity contribution < 1.29 is 0 Å². The lowest BCUT2D eigenvalue weighted by molar-refractivity contribution is 0.0164. The average molecular weight is 313 g/mol. The van der Waals surface area contributed by atoms with Gasteiger partial charge in [0.1, 0.15) is 0 Å². The molecule has 2 aliphatic rings. The fourth-order valence-corrected chi connectivity index (χ4v) is 5.46. The number of halogens is 2. The zero-order valence-electron chi connectivity index (χ0n) is 11.8. The van der Waals surface area contributed by atoms with Gasteiger partial charge in [0.25, 0.3) is 0 Å². The molecule has 2 fully saturated rings. The van der Waals surface area contributed by atoms with Gasteiger partial charge in [0, 0.05) is 29.5 Å². The van der Waals surface area contributed by atoms with Gasteiger partial charge >= 0.3 is 0 Å². The molecule has 20 heavy (non-hydrogen) atoms. The van der Waals surface area contributed by atoms with Crippen molar-refractivity contribution in [1.82, 2.24) is 0 Å². The van der Waals surface area contributed by atoms with Crippen molar-refractivity contribution in [1.29, 1.82) is 10.5 Å². The topological polar surface area (TPSA) is 47.6 Å². The van der Waals surface area contributed by atoms with Crippen LogP contribution in [-0.2, 0) is 0 Å². The van der Waals surface area contributed by atoms with Gasteiger partial charge in [-0.05, 0) is 43.4 Å². The van der Waals surface area contributed by atoms with Crippen molar-refractivity contribution in [3.05, 3.63) is 0 Å². The van der Waals surface area contributed by atoms with Gasteiger partial charge in [-0.2, -0.15) is 10.5 Å². The molecule has 0 bridgehead atoms. The molecule has 0 N–H and O–H groups in total. The minimum Gasteiger partial charge on any atom is -0.198 e. The van der Waals surface area contributed by atoms with Gasteiger partial charge in [0.15, 0.2) is 0 Å². The first-order chi connectivity index (χ1) is 9.69. The van der Waals surface area contributed by atoms with Crippen LogP contribution < -0.4 is 0 Å². The monoisotopic (exact) mass is 312 g/mol. The molecule has 0 aromatic carbocycles. The quantitative estimate of drug-likeness (QED) is 0.680. The molecule has 0 heterocycles. The van der Waals surface area contributed by atoms with Gasteiger partial charge in [-0.1, -0.05) is 12.8 Å². The lowest BCUT2D eigenvalue weighted by Gasteiger charge is -2.54. The highest BCUT2D eigenvalue weighted by Crippen LogP contribution is 2.57. The molecule has 2 rings (SSSR count). The molecule has 5 atom stereocenters. The predicted octanol–water partition coefficient (Wildman–Crippen LogP) is 4.86. The molecular formula is C16H22Cl2N2. The van der Waals surface area contributed by atoms with E-state index in [4.69, 9.17) is 33.7 Å². The molecule has 5 unspecified atom stereocenters. The molecule has 0 aliphatic heterocycles. The van der Waals surface area contributed by atoms with E-state index in [1.807, 2.05) is 0 Å². The van der Waals surface area contributed by atoms with Crippen molar-refractivity contribution in [2.24, 2.45) is 23.2 Å². The third kappa shape index (κ3) is 2.79. The van der Waals surface area contributed by atoms with Gasteiger partial charge < -0.3 is 0 Å². The van der Waals surface area contributed by atoms with Gasteiger partial charge in [-0.25, -0.2) is 0 Å². The molecule has 0 radical (unpaired) electrons. The highest BCUT2D eigenvalue weighted by atomic mass is 35.5. The summed E-state index contributed by atoms with van der Waals surface area (Å²) in [4.78, 5) is 0. The van der Waals surface area contributed by atoms with Crippen LogP contribution in [0.4, 0.5) is 0 Å². The number of nitrogens with zero attached hydrogens (tertiary/aromatic N) is 2. The van der Waals surface area contributed by atoms with Crippen molar-refractivity contribution in [2.45, 2.75) is 56.7 Å². The molecule has 0 aromatic rings. The highest BCUT2D eigenvalue weighted by Gasteiger charge is 2.53. The minimum atomic E-state index is -0.0748. The van der Waals surface area contributed by atoms with E-state index in [1.54, 1.807) is 0 Å². The molecule has 0 aromatic heterocycles. The Balaban J connectivity index is 2.13. The van der Waals surface area contributed by atoms with E-state index in [0.717, 1.165) is 25.7 Å². The average Bonchev–Trinajstić information content (AvgIpc) is 2.45. The Kier molecular flexibility index (Phi) is 5.59. The van der Waals surface area contributed by atoms with E-state index in [9.17, 15) is 0 Å². The fraction of sp³-hybridized carbons (Fsp3) is 0.875. The summed E-state index contributed by atoms with van der Waals surface area (Å²) >= 11 is 13.1. The van der Waals surface area contributed by atoms with Crippen LogP contribution in [0.25, 0.3) is 0 Å². The molecule has 0 saturated heterocycles. The summed E-state index contributed by atoms with van der Waals surface area (Å²) in [5.41, 5.74) is -0.0748. The maximum Gasteiger partial charge on any atom is 0.0624 e. The Morgan fingerprint density at radius 3 is 2.35 bits per heavy atom. The van der Waals surface area contributed by atoms with Crippen LogP contribution in [0.3, 0.4) is 0 Å². The standard InChI is InChI=1S/C16H22Cl2N2/c17-11-16(8-5-13(16)7-10-20)15(18)14-4-2-1-3-12(14)6-9-19/h12-15H,1-8,11H2. The summed E-state index contributed by atoms with van der Waals surface area (Å²) < 4.78 is 0. The van der Waals surface area contributed by atoms with Gasteiger partial charge in [-0.15, -0.1) is 23.2 Å². The van der Waals surface area contributed by atoms with Gasteiger partial charge in [0.05, 0.1) is 12.1 Å². The lowest BCUT2D eigenvalue weighted by atomic mass is 9.54. The van der Waals surface area contributed by atoms with Crippen molar-refractivity contribution >= 4 is 23.2 Å². The van der Waals surface area contributed by atoms with Crippen LogP contribution in [0.5, 0.6) is 0 Å². The Hall–Kier alpha value is -0.440. The normalized spacial score (nSPS) is 38.3. The zero-order chi connectivity index (χ0) is 14.6. The van der Waals surface area contributed by atoms with Crippen molar-refractivity contribution in [3.8, 4) is 12.1 Å². The summed E-state index contributed by atoms with van der Waals surface area (Å²) in [5.74, 6) is 1.70. The number of alkyl halides is 2. The maximum absolute atomic E-state index is 9.02. The minimum absolute atomic E-state index is 0.0192. The van der Waals surface area contributed by atoms with E-state index >= 15 is 0 Å². The number of hydrogen-bond donors (Lipinski definition) is 0. The van der Waals surface area contributed by atoms with E-state index in [-0.39, 0.29) is 10.8 Å². The Morgan fingerprint density at radius 2 is 1.80 bits per heavy atom. The SMILES string of the molecule is N#CCC1CCCCC1C(Cl)C1(CCl)CCC1CC#N. The number of nitriles is 2. The second-order valence-electron chi connectivity index (χ2n) is 6.44. The van der Waals surface area contributed by atoms with Crippen molar-refractivity contribution in [3.63, 3.8) is 0 Å². The molecule has 110 valence electrons. The molecular weight excluding hydrogens is 291 g/mol. The molecule has 0 spiro atoms. The Labute approximate surface area is 132 Å². The Bertz CT molecular complexity index is 408. The van der Waals surface area contributed by atoms with Crippen molar-refractivity contribution in [2.75, 3.05) is 5.88 Å². The molecule has 2 aliphatic carbocycles. The third-order valence-corrected chi connectivity index (χ3v) is 6.86. The first kappa shape index (κ1) is 15.9. The van der Waals surface area contributed by atoms with Gasteiger partial charge in [-0.3, -0.25) is 0 Å². The van der Waals surface area contributed by atoms with Crippen LogP contribution >= 0.6 is 23.2 Å². The third-order valence-electron chi connectivity index (χ3n) is 5.60. The highest BCUT2D eigenvalue weighted by molar-refractivity contribution is 6.23. The van der Waals surface area contributed by atoms with E-state index < -0.39 is 0 Å². The molecule has 2 saturated carbocycles. The summed E-state index contributed by atoms with van der Waals surface area (Å²) in [6.07, 6.45) is 7.91. The van der Waals surface area contributed by atoms with Crippen LogP contribution in [-0.4, -0.2) is 11.3 Å². The summed E-state index contributed by atoms with van der Waals surface area (Å²) in [6, 6.07) is 4.60. The lowest BCUT2D eigenvalue weighted by Crippen LogP contribution is -2.52. The fourth-order valence-electron chi connectivity index (χ4n) is 4.17. The predicted molar refractivity (Wildman–Crippen MR) is 81.4 cm³/mol. The smallest absolute Gasteiger partial charge is 0.0624 e. The Morgan fingerprint density at radius 1 is 1.10 bits per heavy atom. The van der Waals surface area contributed by atoms with Gasteiger partial charge in [0.2, 0.25) is 0 Å². The molecule has 2 nitrogen and oxygen atoms in total. The number of hydrogen-bond acceptors (Lipinski definition) is 2. The van der Waals surface area contributed by atoms with Crippen LogP contribution in [0.1, 0.15) is 51.4 Å².